The third kappa shape index (κ3) is 3.17. The minimum absolute atomic E-state index is 0.118. The quantitative estimate of drug-likeness (QED) is 0.752. The van der Waals surface area contributed by atoms with Gasteiger partial charge < -0.3 is 10.0 Å². The van der Waals surface area contributed by atoms with E-state index < -0.39 is 17.1 Å². The molecule has 2 rings (SSSR count). The zero-order valence-corrected chi connectivity index (χ0v) is 11.7. The van der Waals surface area contributed by atoms with Crippen LogP contribution in [0.15, 0.2) is 29.2 Å². The standard InChI is InChI=1S/C12H18BNO4S/c1-10-4-3-7-14(9-10)19(17,18)12-6-2-5-11(8-12)13(15)16/h2,5-6,8,10,15-16H,3-4,7,9H2,1H3/t10-/m0/s1. The fraction of sp³-hybridized carbons (Fsp3) is 0.500. The predicted octanol–water partition coefficient (Wildman–Crippen LogP) is -0.213. The van der Waals surface area contributed by atoms with Crippen LogP contribution in [-0.2, 0) is 10.0 Å². The maximum absolute atomic E-state index is 12.5. The van der Waals surface area contributed by atoms with Crippen LogP contribution in [-0.4, -0.2) is 43.0 Å². The molecule has 1 aliphatic rings. The van der Waals surface area contributed by atoms with Crippen molar-refractivity contribution in [3.05, 3.63) is 24.3 Å². The van der Waals surface area contributed by atoms with Crippen molar-refractivity contribution < 1.29 is 18.5 Å². The van der Waals surface area contributed by atoms with Crippen LogP contribution in [0.5, 0.6) is 0 Å². The van der Waals surface area contributed by atoms with Gasteiger partial charge in [-0.1, -0.05) is 19.1 Å². The largest absolute Gasteiger partial charge is 0.488 e. The molecule has 1 atom stereocenters. The van der Waals surface area contributed by atoms with Gasteiger partial charge in [0.2, 0.25) is 10.0 Å². The van der Waals surface area contributed by atoms with Gasteiger partial charge in [-0.05, 0) is 36.4 Å². The highest BCUT2D eigenvalue weighted by Gasteiger charge is 2.29. The number of hydrogen-bond acceptors (Lipinski definition) is 4. The van der Waals surface area contributed by atoms with E-state index >= 15 is 0 Å². The SMILES string of the molecule is C[C@H]1CCCN(S(=O)(=O)c2cccc(B(O)O)c2)C1. The van der Waals surface area contributed by atoms with Gasteiger partial charge in [-0.15, -0.1) is 0 Å². The Bertz CT molecular complexity index is 546. The van der Waals surface area contributed by atoms with Crippen molar-refractivity contribution in [1.29, 1.82) is 0 Å². The normalized spacial score (nSPS) is 21.3. The number of rotatable bonds is 3. The van der Waals surface area contributed by atoms with Crippen LogP contribution in [0.4, 0.5) is 0 Å². The molecule has 0 amide bonds. The summed E-state index contributed by atoms with van der Waals surface area (Å²) >= 11 is 0. The Morgan fingerprint density at radius 3 is 2.74 bits per heavy atom. The van der Waals surface area contributed by atoms with Crippen LogP contribution in [0.2, 0.25) is 0 Å². The zero-order valence-electron chi connectivity index (χ0n) is 10.9. The van der Waals surface area contributed by atoms with Crippen LogP contribution in [0.3, 0.4) is 0 Å². The van der Waals surface area contributed by atoms with E-state index in [-0.39, 0.29) is 10.4 Å². The van der Waals surface area contributed by atoms with Crippen LogP contribution in [0.1, 0.15) is 19.8 Å². The zero-order chi connectivity index (χ0) is 14.0. The van der Waals surface area contributed by atoms with Gasteiger partial charge in [0.15, 0.2) is 0 Å². The average Bonchev–Trinajstić information content (AvgIpc) is 2.39. The van der Waals surface area contributed by atoms with Gasteiger partial charge in [0.25, 0.3) is 0 Å². The molecule has 0 radical (unpaired) electrons. The lowest BCUT2D eigenvalue weighted by molar-refractivity contribution is 0.281. The molecule has 7 heteroatoms. The predicted molar refractivity (Wildman–Crippen MR) is 73.4 cm³/mol. The van der Waals surface area contributed by atoms with Crippen LogP contribution in [0.25, 0.3) is 0 Å². The molecule has 104 valence electrons. The summed E-state index contributed by atoms with van der Waals surface area (Å²) in [4.78, 5) is 0.118. The number of piperidine rings is 1. The molecule has 1 aliphatic heterocycles. The molecule has 19 heavy (non-hydrogen) atoms. The van der Waals surface area contributed by atoms with E-state index in [0.717, 1.165) is 12.8 Å². The number of nitrogens with zero attached hydrogens (tertiary/aromatic N) is 1. The van der Waals surface area contributed by atoms with E-state index in [1.807, 2.05) is 6.92 Å². The molecule has 1 heterocycles. The summed E-state index contributed by atoms with van der Waals surface area (Å²) in [5, 5.41) is 18.2. The Morgan fingerprint density at radius 2 is 2.11 bits per heavy atom. The topological polar surface area (TPSA) is 77.8 Å². The maximum atomic E-state index is 12.5. The van der Waals surface area contributed by atoms with Crippen LogP contribution >= 0.6 is 0 Å². The first kappa shape index (κ1) is 14.5. The Balaban J connectivity index is 2.31. The summed E-state index contributed by atoms with van der Waals surface area (Å²) < 4.78 is 26.4. The lowest BCUT2D eigenvalue weighted by atomic mass is 9.80. The van der Waals surface area contributed by atoms with Crippen molar-refractivity contribution in [3.8, 4) is 0 Å². The summed E-state index contributed by atoms with van der Waals surface area (Å²) in [6, 6.07) is 5.82. The van der Waals surface area contributed by atoms with E-state index in [2.05, 4.69) is 0 Å². The second kappa shape index (κ2) is 5.62. The molecule has 1 aromatic rings. The lowest BCUT2D eigenvalue weighted by Crippen LogP contribution is -2.39. The second-order valence-corrected chi connectivity index (χ2v) is 6.99. The lowest BCUT2D eigenvalue weighted by Gasteiger charge is -2.30. The van der Waals surface area contributed by atoms with E-state index in [1.54, 1.807) is 0 Å². The maximum Gasteiger partial charge on any atom is 0.488 e. The molecule has 1 saturated heterocycles. The molecular weight excluding hydrogens is 265 g/mol. The summed E-state index contributed by atoms with van der Waals surface area (Å²) in [5.74, 6) is 0.357. The summed E-state index contributed by atoms with van der Waals surface area (Å²) in [6.45, 7) is 3.09. The second-order valence-electron chi connectivity index (χ2n) is 5.06. The van der Waals surface area contributed by atoms with E-state index in [4.69, 9.17) is 10.0 Å². The van der Waals surface area contributed by atoms with Crippen molar-refractivity contribution in [2.45, 2.75) is 24.7 Å². The summed E-state index contributed by atoms with van der Waals surface area (Å²) in [5.41, 5.74) is 0.186. The summed E-state index contributed by atoms with van der Waals surface area (Å²) in [7, 11) is -5.20. The van der Waals surface area contributed by atoms with Gasteiger partial charge in [0.1, 0.15) is 0 Å². The molecule has 0 aromatic heterocycles. The molecule has 1 fully saturated rings. The molecule has 1 aromatic carbocycles. The van der Waals surface area contributed by atoms with Crippen LogP contribution < -0.4 is 5.46 Å². The Kier molecular flexibility index (Phi) is 4.30. The first-order valence-electron chi connectivity index (χ1n) is 6.37. The molecule has 0 unspecified atom stereocenters. The highest BCUT2D eigenvalue weighted by Crippen LogP contribution is 2.22. The van der Waals surface area contributed by atoms with Gasteiger partial charge in [-0.2, -0.15) is 4.31 Å². The first-order valence-corrected chi connectivity index (χ1v) is 7.81. The minimum Gasteiger partial charge on any atom is -0.423 e. The highest BCUT2D eigenvalue weighted by molar-refractivity contribution is 7.89. The van der Waals surface area contributed by atoms with Gasteiger partial charge in [0.05, 0.1) is 4.90 Å². The third-order valence-electron chi connectivity index (χ3n) is 3.41. The van der Waals surface area contributed by atoms with Crippen molar-refractivity contribution in [2.24, 2.45) is 5.92 Å². The fourth-order valence-corrected chi connectivity index (χ4v) is 4.00. The highest BCUT2D eigenvalue weighted by atomic mass is 32.2. The van der Waals surface area contributed by atoms with Crippen molar-refractivity contribution in [1.82, 2.24) is 4.31 Å². The minimum atomic E-state index is -3.54. The van der Waals surface area contributed by atoms with E-state index in [9.17, 15) is 8.42 Å². The molecule has 0 aliphatic carbocycles. The molecule has 0 spiro atoms. The summed E-state index contributed by atoms with van der Waals surface area (Å²) in [6.07, 6.45) is 1.91. The van der Waals surface area contributed by atoms with E-state index in [1.165, 1.54) is 28.6 Å². The average molecular weight is 283 g/mol. The molecular formula is C12H18BNO4S. The van der Waals surface area contributed by atoms with Gasteiger partial charge >= 0.3 is 7.12 Å². The fourth-order valence-electron chi connectivity index (χ4n) is 2.35. The number of hydrogen-bond donors (Lipinski definition) is 2. The Labute approximate surface area is 114 Å². The number of sulfonamides is 1. The smallest absolute Gasteiger partial charge is 0.423 e. The molecule has 5 nitrogen and oxygen atoms in total. The van der Waals surface area contributed by atoms with Crippen molar-refractivity contribution >= 4 is 22.6 Å². The van der Waals surface area contributed by atoms with Crippen LogP contribution in [0, 0.1) is 5.92 Å². The molecule has 0 bridgehead atoms. The van der Waals surface area contributed by atoms with Gasteiger partial charge in [-0.3, -0.25) is 0 Å². The Morgan fingerprint density at radius 1 is 1.37 bits per heavy atom. The van der Waals surface area contributed by atoms with E-state index in [0.29, 0.717) is 19.0 Å². The molecule has 2 N–H and O–H groups in total. The third-order valence-corrected chi connectivity index (χ3v) is 5.27. The monoisotopic (exact) mass is 283 g/mol. The number of benzene rings is 1. The Hall–Kier alpha value is -0.885. The van der Waals surface area contributed by atoms with Crippen molar-refractivity contribution in [2.75, 3.05) is 13.1 Å². The van der Waals surface area contributed by atoms with Crippen molar-refractivity contribution in [3.63, 3.8) is 0 Å². The van der Waals surface area contributed by atoms with Gasteiger partial charge in [0, 0.05) is 13.1 Å². The van der Waals surface area contributed by atoms with Gasteiger partial charge in [-0.25, -0.2) is 8.42 Å². The first-order chi connectivity index (χ1) is 8.91. The molecule has 0 saturated carbocycles.